The van der Waals surface area contributed by atoms with Gasteiger partial charge in [0, 0.05) is 54.1 Å². The third-order valence-electron chi connectivity index (χ3n) is 5.84. The molecule has 2 atom stereocenters. The minimum absolute atomic E-state index is 0.0721. The first-order valence-electron chi connectivity index (χ1n) is 11.7. The minimum atomic E-state index is -0.658. The van der Waals surface area contributed by atoms with Crippen LogP contribution in [0.1, 0.15) is 45.7 Å². The monoisotopic (exact) mass is 501 g/mol. The quantitative estimate of drug-likeness (QED) is 0.391. The summed E-state index contributed by atoms with van der Waals surface area (Å²) in [6.45, 7) is 11.7. The molecule has 0 spiro atoms. The number of nitrogens with zero attached hydrogens (tertiary/aromatic N) is 2. The Balaban J connectivity index is 1.85. The van der Waals surface area contributed by atoms with E-state index in [1.807, 2.05) is 0 Å². The smallest absolute Gasteiger partial charge is 0.412 e. The molecule has 3 rings (SSSR count). The van der Waals surface area contributed by atoms with Gasteiger partial charge in [-0.2, -0.15) is 0 Å². The molecule has 0 unspecified atom stereocenters. The third kappa shape index (κ3) is 7.29. The van der Waals surface area contributed by atoms with Crippen LogP contribution in [0.2, 0.25) is 5.02 Å². The maximum absolute atomic E-state index is 13.3. The summed E-state index contributed by atoms with van der Waals surface area (Å²) in [5.41, 5.74) is 2.23. The van der Waals surface area contributed by atoms with Crippen LogP contribution < -0.4 is 5.32 Å². The van der Waals surface area contributed by atoms with Crippen molar-refractivity contribution in [3.8, 4) is 0 Å². The van der Waals surface area contributed by atoms with Crippen LogP contribution in [-0.2, 0) is 16.1 Å². The highest BCUT2D eigenvalue weighted by Crippen LogP contribution is 2.33. The first-order valence-corrected chi connectivity index (χ1v) is 12.0. The van der Waals surface area contributed by atoms with E-state index in [2.05, 4.69) is 29.0 Å². The molecule has 2 aromatic carbocycles. The first kappa shape index (κ1) is 26.7. The number of anilines is 1. The summed E-state index contributed by atoms with van der Waals surface area (Å²) in [7, 11) is 0. The molecule has 35 heavy (non-hydrogen) atoms. The van der Waals surface area contributed by atoms with Gasteiger partial charge >= 0.3 is 6.09 Å². The zero-order chi connectivity index (χ0) is 25.8. The Kier molecular flexibility index (Phi) is 8.56. The fourth-order valence-electron chi connectivity index (χ4n) is 4.24. The van der Waals surface area contributed by atoms with Crippen LogP contribution in [-0.4, -0.2) is 53.0 Å². The molecule has 0 bridgehead atoms. The normalized spacial score (nSPS) is 19.4. The fourth-order valence-corrected chi connectivity index (χ4v) is 4.41. The van der Waals surface area contributed by atoms with Gasteiger partial charge in [0.05, 0.1) is 5.69 Å². The van der Waals surface area contributed by atoms with Crippen molar-refractivity contribution >= 4 is 35.4 Å². The van der Waals surface area contributed by atoms with Gasteiger partial charge in [0.25, 0.3) is 0 Å². The van der Waals surface area contributed by atoms with Gasteiger partial charge in [-0.3, -0.25) is 15.0 Å². The van der Waals surface area contributed by atoms with Crippen LogP contribution >= 0.6 is 11.6 Å². The van der Waals surface area contributed by atoms with E-state index in [0.29, 0.717) is 35.1 Å². The number of aldehydes is 1. The molecule has 1 saturated heterocycles. The van der Waals surface area contributed by atoms with E-state index < -0.39 is 11.7 Å². The van der Waals surface area contributed by atoms with Crippen molar-refractivity contribution in [3.63, 3.8) is 0 Å². The second-order valence-electron chi connectivity index (χ2n) is 9.91. The van der Waals surface area contributed by atoms with Crippen LogP contribution in [0.4, 0.5) is 14.9 Å². The summed E-state index contributed by atoms with van der Waals surface area (Å²) in [6.07, 6.45) is 1.67. The van der Waals surface area contributed by atoms with Crippen molar-refractivity contribution in [1.82, 2.24) is 9.80 Å². The van der Waals surface area contributed by atoms with E-state index in [-0.39, 0.29) is 17.9 Å². The first-order chi connectivity index (χ1) is 16.5. The molecule has 6 nitrogen and oxygen atoms in total. The largest absolute Gasteiger partial charge is 0.444 e. The molecule has 2 aromatic rings. The van der Waals surface area contributed by atoms with Crippen molar-refractivity contribution in [1.29, 1.82) is 0 Å². The molecule has 1 heterocycles. The lowest BCUT2D eigenvalue weighted by atomic mass is 10.0. The Morgan fingerprint density at radius 3 is 2.46 bits per heavy atom. The van der Waals surface area contributed by atoms with E-state index in [9.17, 15) is 14.0 Å². The minimum Gasteiger partial charge on any atom is -0.444 e. The van der Waals surface area contributed by atoms with Crippen molar-refractivity contribution in [2.45, 2.75) is 58.8 Å². The number of halogens is 2. The Labute approximate surface area is 211 Å². The molecule has 1 N–H and O–H groups in total. The number of hydrogen-bond donors (Lipinski definition) is 1. The molecular weight excluding hydrogens is 469 g/mol. The zero-order valence-corrected chi connectivity index (χ0v) is 21.6. The third-order valence-corrected chi connectivity index (χ3v) is 6.08. The summed E-state index contributed by atoms with van der Waals surface area (Å²) in [4.78, 5) is 28.7. The molecule has 1 amide bonds. The Morgan fingerprint density at radius 1 is 1.14 bits per heavy atom. The number of carbonyl (C=O) groups excluding carboxylic acids is 2. The number of amides is 1. The molecule has 188 valence electrons. The number of nitrogens with one attached hydrogen (secondary N) is 1. The highest BCUT2D eigenvalue weighted by Gasteiger charge is 2.31. The molecular formula is C27H33ClFN3O3. The van der Waals surface area contributed by atoms with Gasteiger partial charge in [0.1, 0.15) is 17.7 Å². The van der Waals surface area contributed by atoms with Crippen molar-refractivity contribution in [2.75, 3.05) is 18.4 Å². The Hall–Kier alpha value is -2.90. The highest BCUT2D eigenvalue weighted by molar-refractivity contribution is 6.31. The SMILES string of the molecule is C[C@@H]1CN(Cc2ccc(F)cc2)[C@@H](C)CN1C(=CC=O)c1ccc(Cl)cc1NC(=O)OC(C)(C)C. The van der Waals surface area contributed by atoms with Crippen molar-refractivity contribution < 1.29 is 18.7 Å². The second kappa shape index (κ2) is 11.2. The zero-order valence-electron chi connectivity index (χ0n) is 20.8. The maximum atomic E-state index is 13.3. The van der Waals surface area contributed by atoms with Crippen molar-refractivity contribution in [2.24, 2.45) is 0 Å². The number of piperazine rings is 1. The van der Waals surface area contributed by atoms with Crippen LogP contribution in [0.15, 0.2) is 48.5 Å². The second-order valence-corrected chi connectivity index (χ2v) is 10.3. The summed E-state index contributed by atoms with van der Waals surface area (Å²) in [5.74, 6) is -0.248. The summed E-state index contributed by atoms with van der Waals surface area (Å²) < 4.78 is 18.7. The topological polar surface area (TPSA) is 61.9 Å². The van der Waals surface area contributed by atoms with E-state index >= 15 is 0 Å². The fraction of sp³-hybridized carbons (Fsp3) is 0.407. The number of benzene rings is 2. The molecule has 0 aromatic heterocycles. The predicted molar refractivity (Wildman–Crippen MR) is 138 cm³/mol. The molecule has 0 saturated carbocycles. The van der Waals surface area contributed by atoms with Gasteiger partial charge in [-0.25, -0.2) is 9.18 Å². The lowest BCUT2D eigenvalue weighted by molar-refractivity contribution is -0.104. The average molecular weight is 502 g/mol. The van der Waals surface area contributed by atoms with Crippen LogP contribution in [0.25, 0.3) is 5.70 Å². The van der Waals surface area contributed by atoms with E-state index in [0.717, 1.165) is 18.4 Å². The van der Waals surface area contributed by atoms with Gasteiger partial charge in [-0.15, -0.1) is 0 Å². The standard InChI is InChI=1S/C27H33ClFN3O3/c1-18-16-32(19(2)15-31(18)17-20-6-9-22(29)10-7-20)25(12-13-33)23-11-8-21(28)14-24(23)30-26(34)35-27(3,4)5/h6-14,18-19H,15-17H2,1-5H3,(H,30,34)/t18-,19+/m0/s1. The number of carbonyl (C=O) groups is 2. The lowest BCUT2D eigenvalue weighted by Gasteiger charge is -2.46. The van der Waals surface area contributed by atoms with E-state index in [1.165, 1.54) is 18.2 Å². The summed E-state index contributed by atoms with van der Waals surface area (Å²) in [5, 5.41) is 3.24. The van der Waals surface area contributed by atoms with E-state index in [1.54, 1.807) is 51.1 Å². The summed E-state index contributed by atoms with van der Waals surface area (Å²) >= 11 is 6.23. The average Bonchev–Trinajstić information content (AvgIpc) is 2.75. The number of hydrogen-bond acceptors (Lipinski definition) is 5. The Morgan fingerprint density at radius 2 is 1.83 bits per heavy atom. The van der Waals surface area contributed by atoms with Gasteiger partial charge < -0.3 is 9.64 Å². The number of allylic oxidation sites excluding steroid dienone is 1. The van der Waals surface area contributed by atoms with Gasteiger partial charge in [-0.05, 0) is 70.5 Å². The molecule has 1 aliphatic heterocycles. The molecule has 0 aliphatic carbocycles. The van der Waals surface area contributed by atoms with Crippen LogP contribution in [0, 0.1) is 5.82 Å². The molecule has 1 aliphatic rings. The van der Waals surface area contributed by atoms with Crippen molar-refractivity contribution in [3.05, 3.63) is 70.5 Å². The number of rotatable bonds is 6. The molecule has 8 heteroatoms. The van der Waals surface area contributed by atoms with Crippen LogP contribution in [0.3, 0.4) is 0 Å². The summed E-state index contributed by atoms with van der Waals surface area (Å²) in [6, 6.07) is 12.0. The number of ether oxygens (including phenoxy) is 1. The Bertz CT molecular complexity index is 1080. The molecule has 0 radical (unpaired) electrons. The van der Waals surface area contributed by atoms with Gasteiger partial charge in [-0.1, -0.05) is 23.7 Å². The van der Waals surface area contributed by atoms with Crippen LogP contribution in [0.5, 0.6) is 0 Å². The van der Waals surface area contributed by atoms with Gasteiger partial charge in [0.15, 0.2) is 0 Å². The van der Waals surface area contributed by atoms with E-state index in [4.69, 9.17) is 16.3 Å². The lowest BCUT2D eigenvalue weighted by Crippen LogP contribution is -2.55. The predicted octanol–water partition coefficient (Wildman–Crippen LogP) is 5.96. The van der Waals surface area contributed by atoms with Gasteiger partial charge in [0.2, 0.25) is 0 Å². The maximum Gasteiger partial charge on any atom is 0.412 e. The highest BCUT2D eigenvalue weighted by atomic mass is 35.5. The molecule has 1 fully saturated rings.